The van der Waals surface area contributed by atoms with Crippen molar-refractivity contribution >= 4 is 28.9 Å². The van der Waals surface area contributed by atoms with Crippen molar-refractivity contribution in [2.75, 3.05) is 5.73 Å². The molecule has 1 aromatic heterocycles. The van der Waals surface area contributed by atoms with Gasteiger partial charge in [-0.15, -0.1) is 5.10 Å². The molecule has 1 aromatic carbocycles. The fourth-order valence-electron chi connectivity index (χ4n) is 2.91. The summed E-state index contributed by atoms with van der Waals surface area (Å²) in [5.41, 5.74) is 7.08. The van der Waals surface area contributed by atoms with Gasteiger partial charge in [0, 0.05) is 12.1 Å². The highest BCUT2D eigenvalue weighted by Gasteiger charge is 2.17. The fourth-order valence-corrected chi connectivity index (χ4v) is 3.24. The van der Waals surface area contributed by atoms with Crippen LogP contribution in [0, 0.1) is 5.92 Å². The molecule has 0 spiro atoms. The molecule has 0 aliphatic heterocycles. The van der Waals surface area contributed by atoms with E-state index >= 15 is 0 Å². The van der Waals surface area contributed by atoms with Crippen LogP contribution in [0.4, 0.5) is 5.69 Å². The molecule has 7 heteroatoms. The van der Waals surface area contributed by atoms with Crippen LogP contribution in [-0.4, -0.2) is 20.2 Å². The first kappa shape index (κ1) is 14.6. The molecule has 0 bridgehead atoms. The van der Waals surface area contributed by atoms with E-state index in [1.807, 2.05) is 4.68 Å². The number of benzene rings is 1. The fraction of sp³-hybridized carbons (Fsp3) is 0.500. The van der Waals surface area contributed by atoms with Gasteiger partial charge in [0.15, 0.2) is 5.82 Å². The number of nitrogen functional groups attached to an aromatic ring is 1. The minimum Gasteiger partial charge on any atom is -0.397 e. The molecule has 2 aromatic rings. The van der Waals surface area contributed by atoms with Gasteiger partial charge in [0.1, 0.15) is 0 Å². The van der Waals surface area contributed by atoms with Crippen molar-refractivity contribution in [3.05, 3.63) is 22.2 Å². The first-order chi connectivity index (χ1) is 10.1. The highest BCUT2D eigenvalue weighted by Crippen LogP contribution is 2.33. The number of tetrazole rings is 1. The molecule has 3 rings (SSSR count). The third-order valence-corrected chi connectivity index (χ3v) is 4.89. The summed E-state index contributed by atoms with van der Waals surface area (Å²) in [6.07, 6.45) is 6.43. The van der Waals surface area contributed by atoms with Gasteiger partial charge < -0.3 is 5.73 Å². The Morgan fingerprint density at radius 2 is 2.00 bits per heavy atom. The number of hydrogen-bond acceptors (Lipinski definition) is 4. The SMILES string of the molecule is Nc1cc(-c2nnnn2CCC2CCCC2)cc(Cl)c1Cl. The molecule has 112 valence electrons. The lowest BCUT2D eigenvalue weighted by atomic mass is 10.0. The van der Waals surface area contributed by atoms with Crippen LogP contribution in [-0.2, 0) is 6.54 Å². The summed E-state index contributed by atoms with van der Waals surface area (Å²) >= 11 is 12.1. The average Bonchev–Trinajstić information content (AvgIpc) is 3.12. The monoisotopic (exact) mass is 325 g/mol. The van der Waals surface area contributed by atoms with E-state index in [-0.39, 0.29) is 0 Å². The van der Waals surface area contributed by atoms with Crippen molar-refractivity contribution in [2.45, 2.75) is 38.6 Å². The van der Waals surface area contributed by atoms with Crippen LogP contribution in [0.15, 0.2) is 12.1 Å². The molecule has 2 N–H and O–H groups in total. The van der Waals surface area contributed by atoms with Gasteiger partial charge in [0.25, 0.3) is 0 Å². The van der Waals surface area contributed by atoms with Gasteiger partial charge >= 0.3 is 0 Å². The lowest BCUT2D eigenvalue weighted by Gasteiger charge is -2.10. The standard InChI is InChI=1S/C14H17Cl2N5/c15-11-7-10(8-12(17)13(11)16)14-18-19-20-21(14)6-5-9-3-1-2-4-9/h7-9H,1-6,17H2. The topological polar surface area (TPSA) is 69.6 Å². The number of aryl methyl sites for hydroxylation is 1. The number of halogens is 2. The van der Waals surface area contributed by atoms with Gasteiger partial charge in [-0.1, -0.05) is 48.9 Å². The van der Waals surface area contributed by atoms with Gasteiger partial charge in [0.05, 0.1) is 15.7 Å². The highest BCUT2D eigenvalue weighted by molar-refractivity contribution is 6.43. The van der Waals surface area contributed by atoms with E-state index in [9.17, 15) is 0 Å². The molecule has 0 saturated heterocycles. The van der Waals surface area contributed by atoms with Crippen LogP contribution in [0.2, 0.25) is 10.0 Å². The Labute approximate surface area is 133 Å². The van der Waals surface area contributed by atoms with Gasteiger partial charge in [-0.05, 0) is 34.9 Å². The lowest BCUT2D eigenvalue weighted by molar-refractivity contribution is 0.436. The number of anilines is 1. The van der Waals surface area contributed by atoms with Crippen LogP contribution in [0.3, 0.4) is 0 Å². The first-order valence-corrected chi connectivity index (χ1v) is 7.92. The zero-order valence-electron chi connectivity index (χ0n) is 11.6. The normalized spacial score (nSPS) is 15.7. The maximum Gasteiger partial charge on any atom is 0.182 e. The predicted octanol–water partition coefficient (Wildman–Crippen LogP) is 3.81. The minimum atomic E-state index is 0.366. The maximum atomic E-state index is 6.08. The van der Waals surface area contributed by atoms with Gasteiger partial charge in [-0.3, -0.25) is 0 Å². The number of nitrogens with zero attached hydrogens (tertiary/aromatic N) is 4. The van der Waals surface area contributed by atoms with Crippen molar-refractivity contribution in [3.63, 3.8) is 0 Å². The number of nitrogens with two attached hydrogens (primary N) is 1. The van der Waals surface area contributed by atoms with E-state index in [2.05, 4.69) is 15.5 Å². The molecule has 1 fully saturated rings. The lowest BCUT2D eigenvalue weighted by Crippen LogP contribution is -2.07. The highest BCUT2D eigenvalue weighted by atomic mass is 35.5. The molecule has 0 atom stereocenters. The van der Waals surface area contributed by atoms with Crippen LogP contribution in [0.1, 0.15) is 32.1 Å². The summed E-state index contributed by atoms with van der Waals surface area (Å²) in [4.78, 5) is 0. The van der Waals surface area contributed by atoms with E-state index in [1.165, 1.54) is 25.7 Å². The van der Waals surface area contributed by atoms with Crippen molar-refractivity contribution in [1.29, 1.82) is 0 Å². The zero-order chi connectivity index (χ0) is 14.8. The summed E-state index contributed by atoms with van der Waals surface area (Å²) in [5.74, 6) is 1.47. The van der Waals surface area contributed by atoms with E-state index in [4.69, 9.17) is 28.9 Å². The van der Waals surface area contributed by atoms with Gasteiger partial charge in [-0.2, -0.15) is 0 Å². The Balaban J connectivity index is 1.81. The molecule has 0 amide bonds. The second-order valence-electron chi connectivity index (χ2n) is 5.53. The summed E-state index contributed by atoms with van der Waals surface area (Å²) in [6, 6.07) is 3.50. The Kier molecular flexibility index (Phi) is 4.31. The maximum absolute atomic E-state index is 6.08. The van der Waals surface area contributed by atoms with E-state index < -0.39 is 0 Å². The second kappa shape index (κ2) is 6.20. The van der Waals surface area contributed by atoms with Crippen LogP contribution < -0.4 is 5.73 Å². The Morgan fingerprint density at radius 1 is 1.24 bits per heavy atom. The van der Waals surface area contributed by atoms with Crippen molar-refractivity contribution < 1.29 is 0 Å². The summed E-state index contributed by atoms with van der Waals surface area (Å²) in [6.45, 7) is 0.813. The average molecular weight is 326 g/mol. The van der Waals surface area contributed by atoms with Crippen molar-refractivity contribution in [3.8, 4) is 11.4 Å². The van der Waals surface area contributed by atoms with Crippen LogP contribution >= 0.6 is 23.2 Å². The number of aromatic nitrogens is 4. The summed E-state index contributed by atoms with van der Waals surface area (Å²) in [7, 11) is 0. The first-order valence-electron chi connectivity index (χ1n) is 7.16. The summed E-state index contributed by atoms with van der Waals surface area (Å²) in [5, 5.41) is 12.7. The molecule has 1 aliphatic carbocycles. The Bertz CT molecular complexity index is 611. The smallest absolute Gasteiger partial charge is 0.182 e. The van der Waals surface area contributed by atoms with Crippen molar-refractivity contribution in [1.82, 2.24) is 20.2 Å². The van der Waals surface area contributed by atoms with E-state index in [0.717, 1.165) is 24.4 Å². The van der Waals surface area contributed by atoms with Crippen LogP contribution in [0.5, 0.6) is 0 Å². The van der Waals surface area contributed by atoms with Gasteiger partial charge in [-0.25, -0.2) is 4.68 Å². The molecule has 0 unspecified atom stereocenters. The molecule has 1 heterocycles. The second-order valence-corrected chi connectivity index (χ2v) is 6.31. The van der Waals surface area contributed by atoms with E-state index in [1.54, 1.807) is 12.1 Å². The molecule has 5 nitrogen and oxygen atoms in total. The molecular formula is C14H17Cl2N5. The molecule has 21 heavy (non-hydrogen) atoms. The molecule has 0 radical (unpaired) electrons. The Hall–Kier alpha value is -1.33. The quantitative estimate of drug-likeness (QED) is 0.868. The zero-order valence-corrected chi connectivity index (χ0v) is 13.1. The summed E-state index contributed by atoms with van der Waals surface area (Å²) < 4.78 is 1.82. The van der Waals surface area contributed by atoms with Crippen molar-refractivity contribution in [2.24, 2.45) is 5.92 Å². The molecular weight excluding hydrogens is 309 g/mol. The minimum absolute atomic E-state index is 0.366. The predicted molar refractivity (Wildman–Crippen MR) is 84.3 cm³/mol. The molecule has 1 saturated carbocycles. The third kappa shape index (κ3) is 3.14. The third-order valence-electron chi connectivity index (χ3n) is 4.07. The van der Waals surface area contributed by atoms with Gasteiger partial charge in [0.2, 0.25) is 0 Å². The largest absolute Gasteiger partial charge is 0.397 e. The molecule has 1 aliphatic rings. The number of hydrogen-bond donors (Lipinski definition) is 1. The Morgan fingerprint density at radius 3 is 2.71 bits per heavy atom. The van der Waals surface area contributed by atoms with E-state index in [0.29, 0.717) is 21.6 Å². The number of rotatable bonds is 4. The van der Waals surface area contributed by atoms with Crippen LogP contribution in [0.25, 0.3) is 11.4 Å².